The van der Waals surface area contributed by atoms with E-state index in [4.69, 9.17) is 17.5 Å². The summed E-state index contributed by atoms with van der Waals surface area (Å²) in [5.41, 5.74) is 0. The van der Waals surface area contributed by atoms with Gasteiger partial charge in [0.25, 0.3) is 0 Å². The third-order valence-corrected chi connectivity index (χ3v) is 3.52. The molecule has 6 heteroatoms. The first-order chi connectivity index (χ1) is 6.55. The molecule has 92 valence electrons. The maximum atomic E-state index is 8.63. The van der Waals surface area contributed by atoms with Crippen molar-refractivity contribution >= 4 is 10.4 Å². The highest BCUT2D eigenvalue weighted by molar-refractivity contribution is 7.79. The molecule has 1 heterocycles. The second-order valence-electron chi connectivity index (χ2n) is 4.69. The predicted octanol–water partition coefficient (Wildman–Crippen LogP) is 1.03. The van der Waals surface area contributed by atoms with E-state index in [2.05, 4.69) is 27.9 Å². The molecule has 0 radical (unpaired) electrons. The molecular weight excluding hydrogens is 218 g/mol. The van der Waals surface area contributed by atoms with Gasteiger partial charge in [0, 0.05) is 0 Å². The summed E-state index contributed by atoms with van der Waals surface area (Å²) >= 11 is 0. The molecule has 0 aliphatic carbocycles. The molecule has 0 spiro atoms. The summed E-state index contributed by atoms with van der Waals surface area (Å²) in [5, 5.41) is 0. The minimum absolute atomic E-state index is 0.865. The van der Waals surface area contributed by atoms with Gasteiger partial charge in [0.05, 0.1) is 26.2 Å². The Kier molecular flexibility index (Phi) is 5.19. The van der Waals surface area contributed by atoms with Crippen LogP contribution in [0.4, 0.5) is 0 Å². The lowest BCUT2D eigenvalue weighted by Crippen LogP contribution is -2.55. The van der Waals surface area contributed by atoms with E-state index in [1.165, 1.54) is 23.7 Å². The molecule has 1 aliphatic rings. The fraction of sp³-hybridized carbons (Fsp3) is 1.00. The predicted molar refractivity (Wildman–Crippen MR) is 57.2 cm³/mol. The van der Waals surface area contributed by atoms with Crippen LogP contribution in [-0.4, -0.2) is 48.2 Å². The number of piperidine rings is 1. The molecule has 0 aromatic carbocycles. The van der Waals surface area contributed by atoms with Gasteiger partial charge >= 0.3 is 0 Å². The zero-order valence-electron chi connectivity index (χ0n) is 9.80. The summed E-state index contributed by atoms with van der Waals surface area (Å²) < 4.78 is 34.1. The normalized spacial score (nSPS) is 30.3. The average molecular weight is 239 g/mol. The van der Waals surface area contributed by atoms with E-state index < -0.39 is 10.4 Å². The van der Waals surface area contributed by atoms with Gasteiger partial charge in [-0.05, 0) is 33.1 Å². The second kappa shape index (κ2) is 5.25. The van der Waals surface area contributed by atoms with Crippen LogP contribution in [0.3, 0.4) is 0 Å². The first kappa shape index (κ1) is 14.8. The smallest absolute Gasteiger partial charge is 0.215 e. The lowest BCUT2D eigenvalue weighted by atomic mass is 9.96. The van der Waals surface area contributed by atoms with Gasteiger partial charge in [-0.25, -0.2) is 8.42 Å². The first-order valence-electron chi connectivity index (χ1n) is 5.06. The van der Waals surface area contributed by atoms with Crippen LogP contribution in [0.15, 0.2) is 0 Å². The molecule has 0 aromatic heterocycles. The Morgan fingerprint density at radius 3 is 1.67 bits per heavy atom. The third kappa shape index (κ3) is 6.09. The zero-order valence-corrected chi connectivity index (χ0v) is 10.6. The van der Waals surface area contributed by atoms with Gasteiger partial charge in [0.15, 0.2) is 0 Å². The standard InChI is InChI=1S/C9H20N.H2O4S/c1-8-6-5-7-9(2)10(8,3)4;1-5(2,3)4/h8-9H,5-7H2,1-4H3;(H2,1,2,3,4)/q+1;/p-1. The molecular formula is C9H21NO4S. The molecule has 1 saturated heterocycles. The minimum Gasteiger partial charge on any atom is -0.726 e. The van der Waals surface area contributed by atoms with Crippen molar-refractivity contribution < 1.29 is 22.0 Å². The van der Waals surface area contributed by atoms with Gasteiger partial charge in [-0.1, -0.05) is 0 Å². The van der Waals surface area contributed by atoms with Crippen molar-refractivity contribution in [3.63, 3.8) is 0 Å². The van der Waals surface area contributed by atoms with Gasteiger partial charge in [-0.3, -0.25) is 4.55 Å². The van der Waals surface area contributed by atoms with Crippen molar-refractivity contribution in [3.05, 3.63) is 0 Å². The summed E-state index contributed by atoms with van der Waals surface area (Å²) in [7, 11) is -0.205. The quantitative estimate of drug-likeness (QED) is 0.389. The molecule has 15 heavy (non-hydrogen) atoms. The van der Waals surface area contributed by atoms with Crippen LogP contribution in [0.1, 0.15) is 33.1 Å². The van der Waals surface area contributed by atoms with E-state index in [0.29, 0.717) is 0 Å². The summed E-state index contributed by atoms with van der Waals surface area (Å²) in [6.45, 7) is 4.74. The average Bonchev–Trinajstić information content (AvgIpc) is 1.98. The minimum atomic E-state index is -4.92. The van der Waals surface area contributed by atoms with Gasteiger partial charge < -0.3 is 9.04 Å². The summed E-state index contributed by atoms with van der Waals surface area (Å²) in [6.07, 6.45) is 4.26. The van der Waals surface area contributed by atoms with E-state index in [1.807, 2.05) is 0 Å². The summed E-state index contributed by atoms with van der Waals surface area (Å²) in [5.74, 6) is 0. The van der Waals surface area contributed by atoms with Crippen molar-refractivity contribution in [1.82, 2.24) is 0 Å². The Hall–Kier alpha value is -0.170. The monoisotopic (exact) mass is 239 g/mol. The highest BCUT2D eigenvalue weighted by Crippen LogP contribution is 2.26. The Morgan fingerprint density at radius 1 is 1.20 bits per heavy atom. The molecule has 0 bridgehead atoms. The largest absolute Gasteiger partial charge is 0.726 e. The molecule has 1 rings (SSSR count). The number of quaternary nitrogens is 1. The van der Waals surface area contributed by atoms with Crippen molar-refractivity contribution in [3.8, 4) is 0 Å². The topological polar surface area (TPSA) is 77.4 Å². The van der Waals surface area contributed by atoms with Crippen LogP contribution >= 0.6 is 0 Å². The van der Waals surface area contributed by atoms with Crippen LogP contribution < -0.4 is 0 Å². The number of hydrogen-bond donors (Lipinski definition) is 1. The van der Waals surface area contributed by atoms with E-state index in [-0.39, 0.29) is 0 Å². The number of likely N-dealkylation sites (tertiary alicyclic amines) is 1. The van der Waals surface area contributed by atoms with Crippen molar-refractivity contribution in [1.29, 1.82) is 0 Å². The fourth-order valence-electron chi connectivity index (χ4n) is 1.81. The van der Waals surface area contributed by atoms with E-state index in [9.17, 15) is 0 Å². The van der Waals surface area contributed by atoms with Crippen molar-refractivity contribution in [2.24, 2.45) is 0 Å². The molecule has 2 unspecified atom stereocenters. The Bertz CT molecular complexity index is 266. The Labute approximate surface area is 92.3 Å². The van der Waals surface area contributed by atoms with E-state index in [0.717, 1.165) is 12.1 Å². The van der Waals surface area contributed by atoms with Crippen molar-refractivity contribution in [2.45, 2.75) is 45.2 Å². The van der Waals surface area contributed by atoms with Gasteiger partial charge in [0.2, 0.25) is 10.4 Å². The van der Waals surface area contributed by atoms with Gasteiger partial charge in [-0.15, -0.1) is 0 Å². The molecule has 1 fully saturated rings. The van der Waals surface area contributed by atoms with Crippen LogP contribution in [-0.2, 0) is 10.4 Å². The molecule has 2 atom stereocenters. The fourth-order valence-corrected chi connectivity index (χ4v) is 1.81. The lowest BCUT2D eigenvalue weighted by Gasteiger charge is -2.45. The third-order valence-electron chi connectivity index (χ3n) is 3.52. The summed E-state index contributed by atoms with van der Waals surface area (Å²) in [4.78, 5) is 0. The molecule has 0 aromatic rings. The van der Waals surface area contributed by atoms with Crippen molar-refractivity contribution in [2.75, 3.05) is 14.1 Å². The highest BCUT2D eigenvalue weighted by Gasteiger charge is 2.33. The summed E-state index contributed by atoms with van der Waals surface area (Å²) in [6, 6.07) is 1.73. The van der Waals surface area contributed by atoms with E-state index >= 15 is 0 Å². The number of hydrogen-bond acceptors (Lipinski definition) is 3. The zero-order chi connectivity index (χ0) is 12.3. The molecule has 1 aliphatic heterocycles. The highest BCUT2D eigenvalue weighted by atomic mass is 32.3. The maximum absolute atomic E-state index is 8.63. The number of nitrogens with zero attached hydrogens (tertiary/aromatic N) is 1. The van der Waals surface area contributed by atoms with Crippen LogP contribution in [0.5, 0.6) is 0 Å². The van der Waals surface area contributed by atoms with E-state index in [1.54, 1.807) is 0 Å². The maximum Gasteiger partial charge on any atom is 0.215 e. The molecule has 0 amide bonds. The van der Waals surface area contributed by atoms with Gasteiger partial charge in [0.1, 0.15) is 0 Å². The SMILES string of the molecule is CC1CCCC(C)[N+]1(C)C.O=S(=O)([O-])O. The van der Waals surface area contributed by atoms with Crippen LogP contribution in [0.25, 0.3) is 0 Å². The lowest BCUT2D eigenvalue weighted by molar-refractivity contribution is -0.940. The Morgan fingerprint density at radius 2 is 1.47 bits per heavy atom. The molecule has 1 N–H and O–H groups in total. The number of rotatable bonds is 0. The molecule has 0 saturated carbocycles. The van der Waals surface area contributed by atoms with Gasteiger partial charge in [-0.2, -0.15) is 0 Å². The second-order valence-corrected chi connectivity index (χ2v) is 5.54. The van der Waals surface area contributed by atoms with Crippen LogP contribution in [0, 0.1) is 0 Å². The Balaban J connectivity index is 0.000000336. The molecule has 5 nitrogen and oxygen atoms in total. The van der Waals surface area contributed by atoms with Crippen LogP contribution in [0.2, 0.25) is 0 Å². The first-order valence-corrected chi connectivity index (χ1v) is 6.43.